The van der Waals surface area contributed by atoms with E-state index in [2.05, 4.69) is 5.32 Å². The third kappa shape index (κ3) is 1.80. The van der Waals surface area contributed by atoms with Crippen LogP contribution in [-0.2, 0) is 4.74 Å². The molecule has 1 aliphatic carbocycles. The second-order valence-electron chi connectivity index (χ2n) is 6.10. The quantitative estimate of drug-likeness (QED) is 0.777. The van der Waals surface area contributed by atoms with Crippen molar-refractivity contribution in [1.29, 1.82) is 0 Å². The Hall–Kier alpha value is -0.0800. The van der Waals surface area contributed by atoms with E-state index in [4.69, 9.17) is 4.74 Å². The first-order valence-corrected chi connectivity index (χ1v) is 7.20. The molecule has 0 aromatic heterocycles. The van der Waals surface area contributed by atoms with Crippen molar-refractivity contribution < 1.29 is 4.74 Å². The zero-order valence-corrected chi connectivity index (χ0v) is 10.3. The van der Waals surface area contributed by atoms with Crippen molar-refractivity contribution in [3.8, 4) is 0 Å². The first-order valence-electron chi connectivity index (χ1n) is 7.20. The highest BCUT2D eigenvalue weighted by Crippen LogP contribution is 2.50. The van der Waals surface area contributed by atoms with Crippen molar-refractivity contribution in [3.63, 3.8) is 0 Å². The van der Waals surface area contributed by atoms with Gasteiger partial charge < -0.3 is 10.1 Å². The van der Waals surface area contributed by atoms with E-state index < -0.39 is 0 Å². The van der Waals surface area contributed by atoms with E-state index in [1.165, 1.54) is 58.0 Å². The molecule has 3 fully saturated rings. The molecule has 3 rings (SSSR count). The highest BCUT2D eigenvalue weighted by atomic mass is 16.5. The number of nitrogens with one attached hydrogen (secondary N) is 1. The van der Waals surface area contributed by atoms with Crippen LogP contribution in [0.15, 0.2) is 0 Å². The van der Waals surface area contributed by atoms with Crippen LogP contribution < -0.4 is 5.32 Å². The Morgan fingerprint density at radius 1 is 0.875 bits per heavy atom. The molecule has 2 aliphatic heterocycles. The molecular weight excluding hydrogens is 198 g/mol. The number of hydrogen-bond acceptors (Lipinski definition) is 2. The van der Waals surface area contributed by atoms with Crippen LogP contribution in [0.1, 0.15) is 44.9 Å². The van der Waals surface area contributed by atoms with Crippen LogP contribution in [0.3, 0.4) is 0 Å². The molecule has 3 aliphatic rings. The fraction of sp³-hybridized carbons (Fsp3) is 1.00. The lowest BCUT2D eigenvalue weighted by molar-refractivity contribution is -0.187. The van der Waals surface area contributed by atoms with Gasteiger partial charge in [0.1, 0.15) is 0 Å². The predicted octanol–water partition coefficient (Wildman–Crippen LogP) is 2.58. The fourth-order valence-electron chi connectivity index (χ4n) is 4.16. The molecule has 0 aromatic carbocycles. The summed E-state index contributed by atoms with van der Waals surface area (Å²) >= 11 is 0. The lowest BCUT2D eigenvalue weighted by Gasteiger charge is -2.54. The van der Waals surface area contributed by atoms with Gasteiger partial charge in [0.15, 0.2) is 0 Å². The number of hydrogen-bond donors (Lipinski definition) is 1. The molecule has 1 atom stereocenters. The maximum atomic E-state index is 5.62. The van der Waals surface area contributed by atoms with Gasteiger partial charge >= 0.3 is 0 Å². The summed E-state index contributed by atoms with van der Waals surface area (Å²) in [6, 6.07) is 0. The van der Waals surface area contributed by atoms with E-state index in [0.717, 1.165) is 25.0 Å². The molecule has 2 heteroatoms. The highest BCUT2D eigenvalue weighted by molar-refractivity contribution is 4.99. The summed E-state index contributed by atoms with van der Waals surface area (Å²) in [5.74, 6) is 1.87. The van der Waals surface area contributed by atoms with Crippen LogP contribution in [0.4, 0.5) is 0 Å². The first-order chi connectivity index (χ1) is 7.92. The minimum Gasteiger partial charge on any atom is -0.380 e. The molecule has 1 saturated carbocycles. The molecule has 0 spiro atoms. The summed E-state index contributed by atoms with van der Waals surface area (Å²) in [6.45, 7) is 4.60. The summed E-state index contributed by atoms with van der Waals surface area (Å²) in [7, 11) is 0. The number of rotatable bonds is 2. The summed E-state index contributed by atoms with van der Waals surface area (Å²) in [5, 5.41) is 3.59. The Bertz CT molecular complexity index is 205. The van der Waals surface area contributed by atoms with Crippen LogP contribution >= 0.6 is 0 Å². The summed E-state index contributed by atoms with van der Waals surface area (Å²) < 4.78 is 5.62. The molecule has 0 aromatic rings. The monoisotopic (exact) mass is 223 g/mol. The topological polar surface area (TPSA) is 21.3 Å². The van der Waals surface area contributed by atoms with E-state index in [1.54, 1.807) is 0 Å². The molecule has 1 unspecified atom stereocenters. The van der Waals surface area contributed by atoms with E-state index in [9.17, 15) is 0 Å². The molecule has 0 amide bonds. The minimum absolute atomic E-state index is 0.577. The van der Waals surface area contributed by atoms with Crippen molar-refractivity contribution in [2.75, 3.05) is 26.3 Å². The van der Waals surface area contributed by atoms with Crippen molar-refractivity contribution in [1.82, 2.24) is 5.32 Å². The van der Waals surface area contributed by atoms with Crippen LogP contribution in [0.25, 0.3) is 0 Å². The lowest BCUT2D eigenvalue weighted by Crippen LogP contribution is -2.57. The second-order valence-corrected chi connectivity index (χ2v) is 6.10. The Morgan fingerprint density at radius 2 is 1.62 bits per heavy atom. The summed E-state index contributed by atoms with van der Waals surface area (Å²) in [5.41, 5.74) is 0.577. The fourth-order valence-corrected chi connectivity index (χ4v) is 4.16. The number of ether oxygens (including phenoxy) is 1. The Balaban J connectivity index is 1.70. The minimum atomic E-state index is 0.577. The zero-order chi connectivity index (χ0) is 10.8. The maximum absolute atomic E-state index is 5.62. The summed E-state index contributed by atoms with van der Waals surface area (Å²) in [6.07, 6.45) is 10.2. The highest BCUT2D eigenvalue weighted by Gasteiger charge is 2.50. The van der Waals surface area contributed by atoms with E-state index in [-0.39, 0.29) is 0 Å². The van der Waals surface area contributed by atoms with E-state index in [1.807, 2.05) is 0 Å². The van der Waals surface area contributed by atoms with Crippen molar-refractivity contribution in [2.24, 2.45) is 17.3 Å². The molecule has 2 heterocycles. The van der Waals surface area contributed by atoms with E-state index >= 15 is 0 Å². The normalized spacial score (nSPS) is 35.6. The maximum Gasteiger partial charge on any atom is 0.0550 e. The van der Waals surface area contributed by atoms with Gasteiger partial charge in [-0.3, -0.25) is 0 Å². The predicted molar refractivity (Wildman–Crippen MR) is 65.4 cm³/mol. The van der Waals surface area contributed by atoms with E-state index in [0.29, 0.717) is 5.41 Å². The Morgan fingerprint density at radius 3 is 2.19 bits per heavy atom. The van der Waals surface area contributed by atoms with Gasteiger partial charge in [-0.15, -0.1) is 0 Å². The van der Waals surface area contributed by atoms with Gasteiger partial charge in [0.05, 0.1) is 13.2 Å². The van der Waals surface area contributed by atoms with Crippen molar-refractivity contribution in [2.45, 2.75) is 44.9 Å². The number of piperidine rings is 1. The third-order valence-electron chi connectivity index (χ3n) is 5.27. The third-order valence-corrected chi connectivity index (χ3v) is 5.27. The molecule has 92 valence electrons. The molecule has 1 N–H and O–H groups in total. The zero-order valence-electron chi connectivity index (χ0n) is 10.3. The average Bonchev–Trinajstić information content (AvgIpc) is 2.31. The standard InChI is InChI=1S/C14H25NO/c1-2-5-12(6-3-1)14(10-16-11-14)13-7-4-8-15-9-13/h12-13,15H,1-11H2. The average molecular weight is 223 g/mol. The Kier molecular flexibility index (Phi) is 3.21. The van der Waals surface area contributed by atoms with Crippen LogP contribution in [0, 0.1) is 17.3 Å². The Labute approximate surface area is 99.1 Å². The molecule has 0 bridgehead atoms. The van der Waals surface area contributed by atoms with Gasteiger partial charge in [0, 0.05) is 5.41 Å². The lowest BCUT2D eigenvalue weighted by atomic mass is 9.59. The first kappa shape index (κ1) is 11.0. The largest absolute Gasteiger partial charge is 0.380 e. The van der Waals surface area contributed by atoms with Gasteiger partial charge in [0.25, 0.3) is 0 Å². The van der Waals surface area contributed by atoms with Gasteiger partial charge in [-0.25, -0.2) is 0 Å². The molecule has 2 nitrogen and oxygen atoms in total. The van der Waals surface area contributed by atoms with Gasteiger partial charge in [-0.1, -0.05) is 19.3 Å². The molecule has 16 heavy (non-hydrogen) atoms. The molecular formula is C14H25NO. The second kappa shape index (κ2) is 4.66. The smallest absolute Gasteiger partial charge is 0.0550 e. The molecule has 2 saturated heterocycles. The van der Waals surface area contributed by atoms with Crippen molar-refractivity contribution >= 4 is 0 Å². The van der Waals surface area contributed by atoms with Crippen LogP contribution in [0.2, 0.25) is 0 Å². The van der Waals surface area contributed by atoms with Crippen LogP contribution in [-0.4, -0.2) is 26.3 Å². The van der Waals surface area contributed by atoms with Gasteiger partial charge in [0.2, 0.25) is 0 Å². The summed E-state index contributed by atoms with van der Waals surface area (Å²) in [4.78, 5) is 0. The SMILES string of the molecule is C1CCC(C2(C3CCCNC3)COC2)CC1. The van der Waals surface area contributed by atoms with Gasteiger partial charge in [-0.2, -0.15) is 0 Å². The van der Waals surface area contributed by atoms with Crippen LogP contribution in [0.5, 0.6) is 0 Å². The van der Waals surface area contributed by atoms with Crippen molar-refractivity contribution in [3.05, 3.63) is 0 Å². The molecule has 0 radical (unpaired) electrons. The van der Waals surface area contributed by atoms with Gasteiger partial charge in [-0.05, 0) is 50.6 Å².